The monoisotopic (exact) mass is 351 g/mol. The van der Waals surface area contributed by atoms with Crippen molar-refractivity contribution in [1.82, 2.24) is 4.98 Å². The molecule has 0 aliphatic carbocycles. The summed E-state index contributed by atoms with van der Waals surface area (Å²) in [6.45, 7) is 9.37. The number of pyridine rings is 1. The first-order chi connectivity index (χ1) is 8.46. The molecule has 0 bridgehead atoms. The lowest BCUT2D eigenvalue weighted by Gasteiger charge is -2.37. The fourth-order valence-electron chi connectivity index (χ4n) is 1.15. The molecule has 0 saturated heterocycles. The van der Waals surface area contributed by atoms with E-state index in [1.54, 1.807) is 6.07 Å². The van der Waals surface area contributed by atoms with Crippen LogP contribution in [0, 0.1) is 0 Å². The van der Waals surface area contributed by atoms with Crippen LogP contribution in [0.2, 0.25) is 18.1 Å². The fourth-order valence-corrected chi connectivity index (χ4v) is 2.36. The number of hydrogen-bond donors (Lipinski definition) is 0. The van der Waals surface area contributed by atoms with Gasteiger partial charge < -0.3 is 4.43 Å². The largest absolute Gasteiger partial charge is 0.410 e. The standard InChI is InChI=1S/C13H20BrF2NOSi/c1-12(2,3)19(4,5)18-9-13(15,16)11-7-6-10(14)8-17-11/h6-8H,9H2,1-5H3. The highest BCUT2D eigenvalue weighted by molar-refractivity contribution is 9.10. The maximum absolute atomic E-state index is 14.0. The maximum atomic E-state index is 14.0. The first kappa shape index (κ1) is 16.7. The summed E-state index contributed by atoms with van der Waals surface area (Å²) in [6.07, 6.45) is 1.37. The molecule has 1 rings (SSSR count). The minimum atomic E-state index is -3.06. The Morgan fingerprint density at radius 3 is 2.26 bits per heavy atom. The van der Waals surface area contributed by atoms with Gasteiger partial charge in [-0.1, -0.05) is 20.8 Å². The second kappa shape index (κ2) is 5.58. The van der Waals surface area contributed by atoms with Crippen LogP contribution in [0.3, 0.4) is 0 Å². The third-order valence-electron chi connectivity index (χ3n) is 3.52. The molecule has 0 aromatic carbocycles. The summed E-state index contributed by atoms with van der Waals surface area (Å²) >= 11 is 3.18. The molecule has 0 N–H and O–H groups in total. The molecule has 0 aliphatic heterocycles. The molecule has 6 heteroatoms. The normalized spacial score (nSPS) is 13.7. The molecule has 0 radical (unpaired) electrons. The van der Waals surface area contributed by atoms with Crippen LogP contribution in [-0.4, -0.2) is 19.9 Å². The summed E-state index contributed by atoms with van der Waals surface area (Å²) < 4.78 is 34.3. The van der Waals surface area contributed by atoms with Crippen LogP contribution in [0.4, 0.5) is 8.78 Å². The van der Waals surface area contributed by atoms with Gasteiger partial charge in [0.15, 0.2) is 8.32 Å². The van der Waals surface area contributed by atoms with Crippen LogP contribution in [0.15, 0.2) is 22.8 Å². The number of alkyl halides is 2. The van der Waals surface area contributed by atoms with E-state index in [0.717, 1.165) is 0 Å². The molecule has 0 aliphatic rings. The van der Waals surface area contributed by atoms with Crippen molar-refractivity contribution in [2.75, 3.05) is 6.61 Å². The average molecular weight is 352 g/mol. The fraction of sp³-hybridized carbons (Fsp3) is 0.615. The molecule has 19 heavy (non-hydrogen) atoms. The summed E-state index contributed by atoms with van der Waals surface area (Å²) in [4.78, 5) is 3.75. The van der Waals surface area contributed by atoms with Crippen molar-refractivity contribution in [3.05, 3.63) is 28.5 Å². The van der Waals surface area contributed by atoms with Crippen molar-refractivity contribution >= 4 is 24.2 Å². The quantitative estimate of drug-likeness (QED) is 0.715. The molecular weight excluding hydrogens is 332 g/mol. The van der Waals surface area contributed by atoms with E-state index in [1.165, 1.54) is 12.3 Å². The van der Waals surface area contributed by atoms with E-state index in [1.807, 2.05) is 33.9 Å². The molecule has 1 aromatic rings. The average Bonchev–Trinajstić information content (AvgIpc) is 2.26. The highest BCUT2D eigenvalue weighted by atomic mass is 79.9. The van der Waals surface area contributed by atoms with Gasteiger partial charge in [0, 0.05) is 10.7 Å². The maximum Gasteiger partial charge on any atom is 0.311 e. The van der Waals surface area contributed by atoms with E-state index in [-0.39, 0.29) is 10.7 Å². The summed E-state index contributed by atoms with van der Waals surface area (Å²) in [7, 11) is -2.18. The van der Waals surface area contributed by atoms with Gasteiger partial charge in [-0.2, -0.15) is 8.78 Å². The Balaban J connectivity index is 2.78. The Hall–Kier alpha value is -0.333. The molecule has 2 nitrogen and oxygen atoms in total. The minimum Gasteiger partial charge on any atom is -0.410 e. The first-order valence-corrected chi connectivity index (χ1v) is 9.80. The SMILES string of the molecule is CC(C)(C)[Si](C)(C)OCC(F)(F)c1ccc(Br)cn1. The summed E-state index contributed by atoms with van der Waals surface area (Å²) in [5, 5.41) is -0.0871. The van der Waals surface area contributed by atoms with Gasteiger partial charge in [-0.3, -0.25) is 4.98 Å². The third-order valence-corrected chi connectivity index (χ3v) is 8.47. The zero-order chi connectivity index (χ0) is 14.9. The van der Waals surface area contributed by atoms with Crippen LogP contribution >= 0.6 is 15.9 Å². The van der Waals surface area contributed by atoms with Gasteiger partial charge >= 0.3 is 5.92 Å². The van der Waals surface area contributed by atoms with Crippen molar-refractivity contribution < 1.29 is 13.2 Å². The molecule has 108 valence electrons. The summed E-state index contributed by atoms with van der Waals surface area (Å²) in [5.41, 5.74) is -0.255. The highest BCUT2D eigenvalue weighted by Gasteiger charge is 2.42. The van der Waals surface area contributed by atoms with Gasteiger partial charge in [-0.25, -0.2) is 0 Å². The Bertz CT molecular complexity index is 429. The number of hydrogen-bond acceptors (Lipinski definition) is 2. The van der Waals surface area contributed by atoms with Gasteiger partial charge in [0.1, 0.15) is 12.3 Å². The van der Waals surface area contributed by atoms with Crippen molar-refractivity contribution in [1.29, 1.82) is 0 Å². The Labute approximate surface area is 122 Å². The highest BCUT2D eigenvalue weighted by Crippen LogP contribution is 2.38. The molecular formula is C13H20BrF2NOSi. The Kier molecular flexibility index (Phi) is 4.91. The molecule has 0 unspecified atom stereocenters. The summed E-state index contributed by atoms with van der Waals surface area (Å²) in [6, 6.07) is 2.88. The number of nitrogens with zero attached hydrogens (tertiary/aromatic N) is 1. The Morgan fingerprint density at radius 2 is 1.84 bits per heavy atom. The third kappa shape index (κ3) is 4.32. The van der Waals surface area contributed by atoms with E-state index in [0.29, 0.717) is 4.47 Å². The molecule has 1 aromatic heterocycles. The van der Waals surface area contributed by atoms with Crippen LogP contribution in [0.25, 0.3) is 0 Å². The zero-order valence-electron chi connectivity index (χ0n) is 11.9. The topological polar surface area (TPSA) is 22.1 Å². The van der Waals surface area contributed by atoms with Crippen molar-refractivity contribution in [3.63, 3.8) is 0 Å². The smallest absolute Gasteiger partial charge is 0.311 e. The summed E-state index contributed by atoms with van der Waals surface area (Å²) in [5.74, 6) is -3.06. The lowest BCUT2D eigenvalue weighted by atomic mass is 10.2. The van der Waals surface area contributed by atoms with Crippen LogP contribution in [0.5, 0.6) is 0 Å². The zero-order valence-corrected chi connectivity index (χ0v) is 14.5. The molecule has 1 heterocycles. The van der Waals surface area contributed by atoms with Crippen LogP contribution in [-0.2, 0) is 10.3 Å². The molecule has 0 fully saturated rings. The van der Waals surface area contributed by atoms with E-state index in [4.69, 9.17) is 4.43 Å². The van der Waals surface area contributed by atoms with Crippen molar-refractivity contribution in [2.45, 2.75) is 44.8 Å². The lowest BCUT2D eigenvalue weighted by Crippen LogP contribution is -2.43. The van der Waals surface area contributed by atoms with E-state index in [9.17, 15) is 8.78 Å². The predicted octanol–water partition coefficient (Wildman–Crippen LogP) is 4.96. The molecule has 0 saturated carbocycles. The van der Waals surface area contributed by atoms with Crippen LogP contribution in [0.1, 0.15) is 26.5 Å². The Morgan fingerprint density at radius 1 is 1.26 bits per heavy atom. The lowest BCUT2D eigenvalue weighted by molar-refractivity contribution is -0.0545. The van der Waals surface area contributed by atoms with Crippen molar-refractivity contribution in [2.24, 2.45) is 0 Å². The van der Waals surface area contributed by atoms with Gasteiger partial charge in [-0.15, -0.1) is 0 Å². The molecule has 0 amide bonds. The van der Waals surface area contributed by atoms with E-state index < -0.39 is 20.8 Å². The predicted molar refractivity (Wildman–Crippen MR) is 79.0 cm³/mol. The van der Waals surface area contributed by atoms with Gasteiger partial charge in [0.2, 0.25) is 0 Å². The van der Waals surface area contributed by atoms with E-state index >= 15 is 0 Å². The molecule has 0 spiro atoms. The van der Waals surface area contributed by atoms with Gasteiger partial charge in [0.05, 0.1) is 0 Å². The van der Waals surface area contributed by atoms with Crippen molar-refractivity contribution in [3.8, 4) is 0 Å². The number of rotatable bonds is 4. The minimum absolute atomic E-state index is 0.0871. The van der Waals surface area contributed by atoms with Gasteiger partial charge in [0.25, 0.3) is 0 Å². The van der Waals surface area contributed by atoms with E-state index in [2.05, 4.69) is 20.9 Å². The van der Waals surface area contributed by atoms with Crippen LogP contribution < -0.4 is 0 Å². The second-order valence-electron chi connectivity index (χ2n) is 6.12. The second-order valence-corrected chi connectivity index (χ2v) is 11.8. The first-order valence-electron chi connectivity index (χ1n) is 6.09. The number of halogens is 3. The molecule has 0 atom stereocenters. The van der Waals surface area contributed by atoms with Gasteiger partial charge in [-0.05, 0) is 46.2 Å². The number of aromatic nitrogens is 1.